The van der Waals surface area contributed by atoms with Crippen LogP contribution in [0.4, 0.5) is 0 Å². The second-order valence-electron chi connectivity index (χ2n) is 9.25. The number of carbonyl (C=O) groups excluding carboxylic acids is 6. The fraction of sp³-hybridized carbons (Fsp3) is 0.519. The molecule has 1 aliphatic rings. The van der Waals surface area contributed by atoms with Crippen LogP contribution >= 0.6 is 23.8 Å². The maximum Gasteiger partial charge on any atom is 0.358 e. The van der Waals surface area contributed by atoms with Gasteiger partial charge in [-0.25, -0.2) is 4.79 Å². The van der Waals surface area contributed by atoms with Gasteiger partial charge >= 0.3 is 35.1 Å². The molecule has 0 aromatic heterocycles. The van der Waals surface area contributed by atoms with Crippen molar-refractivity contribution in [3.63, 3.8) is 0 Å². The van der Waals surface area contributed by atoms with Crippen molar-refractivity contribution in [2.24, 2.45) is 0 Å². The van der Waals surface area contributed by atoms with Crippen LogP contribution in [-0.2, 0) is 61.9 Å². The molecule has 1 aromatic rings. The molecule has 2 rings (SSSR count). The fourth-order valence-corrected chi connectivity index (χ4v) is 4.78. The van der Waals surface area contributed by atoms with Crippen molar-refractivity contribution in [1.29, 1.82) is 0 Å². The first kappa shape index (κ1) is 36.2. The lowest BCUT2D eigenvalue weighted by Crippen LogP contribution is -2.73. The largest absolute Gasteiger partial charge is 0.466 e. The summed E-state index contributed by atoms with van der Waals surface area (Å²) in [6, 6.07) is 6.55. The highest BCUT2D eigenvalue weighted by Crippen LogP contribution is 2.41. The molecule has 17 heteroatoms. The zero-order valence-corrected chi connectivity index (χ0v) is 26.1. The summed E-state index contributed by atoms with van der Waals surface area (Å²) in [5, 5.41) is -0.828. The van der Waals surface area contributed by atoms with Gasteiger partial charge in [0.05, 0.1) is 13.2 Å². The summed E-state index contributed by atoms with van der Waals surface area (Å²) in [5.74, 6) is -5.33. The average Bonchev–Trinajstić information content (AvgIpc) is 2.92. The number of nitrogens with one attached hydrogen (secondary N) is 1. The summed E-state index contributed by atoms with van der Waals surface area (Å²) in [5.41, 5.74) is 0. The van der Waals surface area contributed by atoms with Crippen LogP contribution in [0, 0.1) is 0 Å². The lowest BCUT2D eigenvalue weighted by Gasteiger charge is -2.50. The van der Waals surface area contributed by atoms with E-state index in [1.807, 2.05) is 0 Å². The predicted molar refractivity (Wildman–Crippen MR) is 151 cm³/mol. The Hall–Kier alpha value is -4.02. The molecule has 44 heavy (non-hydrogen) atoms. The molecule has 1 fully saturated rings. The molecule has 1 heterocycles. The summed E-state index contributed by atoms with van der Waals surface area (Å²) in [7, 11) is 0.966. The number of carbonyl (C=O) groups is 6. The van der Waals surface area contributed by atoms with Crippen LogP contribution in [0.3, 0.4) is 0 Å². The van der Waals surface area contributed by atoms with Gasteiger partial charge in [-0.3, -0.25) is 24.0 Å². The number of amides is 1. The third kappa shape index (κ3) is 10.0. The minimum absolute atomic E-state index is 0.234. The first-order chi connectivity index (χ1) is 20.6. The Morgan fingerprint density at radius 1 is 0.932 bits per heavy atom. The average molecular weight is 662 g/mol. The molecular formula is C27H32ClNO14S. The van der Waals surface area contributed by atoms with E-state index in [1.165, 1.54) is 0 Å². The smallest absolute Gasteiger partial charge is 0.358 e. The number of rotatable bonds is 11. The highest BCUT2D eigenvalue weighted by Gasteiger charge is 2.65. The van der Waals surface area contributed by atoms with E-state index in [2.05, 4.69) is 5.32 Å². The van der Waals surface area contributed by atoms with Crippen molar-refractivity contribution in [1.82, 2.24) is 5.32 Å². The van der Waals surface area contributed by atoms with Gasteiger partial charge in [-0.2, -0.15) is 0 Å². The minimum Gasteiger partial charge on any atom is -0.466 e. The maximum atomic E-state index is 13.2. The van der Waals surface area contributed by atoms with Crippen molar-refractivity contribution in [2.75, 3.05) is 13.7 Å². The molecule has 1 aliphatic heterocycles. The van der Waals surface area contributed by atoms with E-state index in [-0.39, 0.29) is 5.75 Å². The molecule has 1 aromatic carbocycles. The molecule has 15 nitrogen and oxygen atoms in total. The predicted octanol–water partition coefficient (Wildman–Crippen LogP) is 1.11. The Kier molecular flexibility index (Phi) is 13.3. The second-order valence-corrected chi connectivity index (χ2v) is 10.1. The number of alkyl halides is 1. The van der Waals surface area contributed by atoms with Crippen LogP contribution in [-0.4, -0.2) is 96.3 Å². The van der Waals surface area contributed by atoms with E-state index in [9.17, 15) is 28.8 Å². The quantitative estimate of drug-likeness (QED) is 0.154. The molecule has 0 unspecified atom stereocenters. The Bertz CT molecular complexity index is 1250. The first-order valence-electron chi connectivity index (χ1n) is 12.9. The Labute approximate surface area is 262 Å². The highest BCUT2D eigenvalue weighted by molar-refractivity contribution is 7.79. The van der Waals surface area contributed by atoms with Gasteiger partial charge in [0.1, 0.15) is 18.5 Å². The third-order valence-electron chi connectivity index (χ3n) is 5.74. The molecule has 7 atom stereocenters. The molecule has 242 valence electrons. The van der Waals surface area contributed by atoms with Gasteiger partial charge in [0, 0.05) is 46.8 Å². The third-order valence-corrected chi connectivity index (χ3v) is 6.38. The molecule has 0 radical (unpaired) electrons. The van der Waals surface area contributed by atoms with Gasteiger partial charge in [-0.05, 0) is 12.1 Å². The SMILES string of the molecule is COC(=O)[C@@]1(Cl)O[C@@H]([C@H](OC(C)=O)[C@@H](COC(C)=O)OC(C)=O)[C@H](NC(C)=O)[C@@H](OC(C)=O)[C@@H]1OC(=S)Oc1ccccc1. The second kappa shape index (κ2) is 16.2. The van der Waals surface area contributed by atoms with Crippen LogP contribution in [0.1, 0.15) is 34.6 Å². The van der Waals surface area contributed by atoms with E-state index in [1.54, 1.807) is 30.3 Å². The van der Waals surface area contributed by atoms with Gasteiger partial charge in [-0.1, -0.05) is 29.8 Å². The van der Waals surface area contributed by atoms with E-state index >= 15 is 0 Å². The lowest BCUT2D eigenvalue weighted by molar-refractivity contribution is -0.250. The summed E-state index contributed by atoms with van der Waals surface area (Å²) in [6.45, 7) is 4.56. The van der Waals surface area contributed by atoms with Gasteiger partial charge in [-0.15, -0.1) is 0 Å². The van der Waals surface area contributed by atoms with Gasteiger partial charge in [0.2, 0.25) is 5.91 Å². The van der Waals surface area contributed by atoms with Crippen LogP contribution in [0.15, 0.2) is 30.3 Å². The molecule has 0 aliphatic carbocycles. The van der Waals surface area contributed by atoms with Crippen molar-refractivity contribution in [3.05, 3.63) is 30.3 Å². The highest BCUT2D eigenvalue weighted by atomic mass is 35.5. The molecular weight excluding hydrogens is 630 g/mol. The molecule has 0 spiro atoms. The summed E-state index contributed by atoms with van der Waals surface area (Å²) in [4.78, 5) is 73.9. The van der Waals surface area contributed by atoms with E-state index in [0.717, 1.165) is 41.7 Å². The standard InChI is InChI=1S/C27H32ClNO14S/c1-13(30)29-20-22(21(39-16(4)33)19(38-15(3)32)12-37-14(2)31)43-27(28,25(35)36-6)24(23(20)40-17(5)34)42-26(44)41-18-10-8-7-9-11-18/h7-11,19-24H,12H2,1-6H3,(H,29,30)/t19-,20+,21-,22-,23-,24+,27+/m1/s1. The normalized spacial score (nSPS) is 23.9. The minimum atomic E-state index is -2.74. The van der Waals surface area contributed by atoms with Gasteiger partial charge in [0.25, 0.3) is 5.06 Å². The monoisotopic (exact) mass is 661 g/mol. The van der Waals surface area contributed by atoms with Crippen molar-refractivity contribution in [3.8, 4) is 5.75 Å². The van der Waals surface area contributed by atoms with Gasteiger partial charge < -0.3 is 43.2 Å². The van der Waals surface area contributed by atoms with Crippen molar-refractivity contribution < 1.29 is 66.7 Å². The number of hydrogen-bond acceptors (Lipinski definition) is 15. The number of methoxy groups -OCH3 is 1. The molecule has 0 bridgehead atoms. The van der Waals surface area contributed by atoms with E-state index in [0.29, 0.717) is 0 Å². The van der Waals surface area contributed by atoms with E-state index < -0.39 is 89.2 Å². The Morgan fingerprint density at radius 3 is 2.05 bits per heavy atom. The molecule has 1 N–H and O–H groups in total. The summed E-state index contributed by atoms with van der Waals surface area (Å²) >= 11 is 12.0. The number of hydrogen-bond donors (Lipinski definition) is 1. The number of para-hydroxylation sites is 1. The van der Waals surface area contributed by atoms with Crippen LogP contribution in [0.25, 0.3) is 0 Å². The van der Waals surface area contributed by atoms with Gasteiger partial charge in [0.15, 0.2) is 24.4 Å². The Balaban J connectivity index is 2.74. The number of esters is 5. The van der Waals surface area contributed by atoms with Crippen LogP contribution in [0.2, 0.25) is 0 Å². The molecule has 0 saturated carbocycles. The topological polar surface area (TPSA) is 188 Å². The lowest BCUT2D eigenvalue weighted by atomic mass is 9.87. The number of benzene rings is 1. The molecule has 1 amide bonds. The Morgan fingerprint density at radius 2 is 1.55 bits per heavy atom. The molecule has 1 saturated heterocycles. The zero-order valence-electron chi connectivity index (χ0n) is 24.6. The van der Waals surface area contributed by atoms with E-state index in [4.69, 9.17) is 61.7 Å². The fourth-order valence-electron chi connectivity index (χ4n) is 4.24. The summed E-state index contributed by atoms with van der Waals surface area (Å²) in [6.07, 6.45) is -8.69. The summed E-state index contributed by atoms with van der Waals surface area (Å²) < 4.78 is 43.3. The maximum absolute atomic E-state index is 13.2. The van der Waals surface area contributed by atoms with Crippen LogP contribution in [0.5, 0.6) is 5.75 Å². The number of thiocarbonyl (C=S) groups is 1. The zero-order chi connectivity index (χ0) is 33.2. The first-order valence-corrected chi connectivity index (χ1v) is 13.7. The van der Waals surface area contributed by atoms with Crippen molar-refractivity contribution >= 4 is 64.8 Å². The van der Waals surface area contributed by atoms with Crippen LogP contribution < -0.4 is 10.1 Å². The van der Waals surface area contributed by atoms with Crippen molar-refractivity contribution in [2.45, 2.75) is 76.2 Å². The number of halogens is 1. The number of ether oxygens (including phenoxy) is 8.